The first-order valence-electron chi connectivity index (χ1n) is 7.59. The number of sulfonamides is 1. The Labute approximate surface area is 143 Å². The molecule has 1 aromatic carbocycles. The molecule has 9 heteroatoms. The van der Waals surface area contributed by atoms with E-state index in [0.717, 1.165) is 16.2 Å². The van der Waals surface area contributed by atoms with Gasteiger partial charge < -0.3 is 4.90 Å². The molecule has 1 fully saturated rings. The molecule has 0 bridgehead atoms. The van der Waals surface area contributed by atoms with Gasteiger partial charge in [-0.1, -0.05) is 18.2 Å². The minimum Gasteiger partial charge on any atom is -0.315 e. The molecule has 0 saturated carbocycles. The molecule has 1 atom stereocenters. The molecular formula is C15H22N2O5S2. The highest BCUT2D eigenvalue weighted by molar-refractivity contribution is 7.92. The lowest BCUT2D eigenvalue weighted by Crippen LogP contribution is -2.42. The number of nitrogens with zero attached hydrogens (tertiary/aromatic N) is 2. The molecule has 0 aliphatic carbocycles. The normalized spacial score (nSPS) is 20.2. The Morgan fingerprint density at radius 2 is 1.88 bits per heavy atom. The largest absolute Gasteiger partial charge is 0.315 e. The van der Waals surface area contributed by atoms with Gasteiger partial charge in [-0.15, -0.1) is 0 Å². The van der Waals surface area contributed by atoms with E-state index in [1.807, 2.05) is 18.2 Å². The van der Waals surface area contributed by atoms with Gasteiger partial charge in [-0.3, -0.25) is 4.79 Å². The van der Waals surface area contributed by atoms with Crippen LogP contribution in [0.5, 0.6) is 0 Å². The van der Waals surface area contributed by atoms with Crippen LogP contribution in [0.15, 0.2) is 30.3 Å². The van der Waals surface area contributed by atoms with Gasteiger partial charge >= 0.3 is 0 Å². The van der Waals surface area contributed by atoms with E-state index in [4.69, 9.17) is 0 Å². The van der Waals surface area contributed by atoms with Gasteiger partial charge in [-0.2, -0.15) is 4.31 Å². The first-order chi connectivity index (χ1) is 11.1. The van der Waals surface area contributed by atoms with Crippen molar-refractivity contribution in [2.75, 3.05) is 36.3 Å². The maximum atomic E-state index is 12.3. The van der Waals surface area contributed by atoms with Crippen LogP contribution >= 0.6 is 0 Å². The van der Waals surface area contributed by atoms with Crippen LogP contribution < -0.4 is 4.90 Å². The van der Waals surface area contributed by atoms with Gasteiger partial charge in [-0.25, -0.2) is 16.8 Å². The second-order valence-corrected chi connectivity index (χ2v) is 10.1. The molecule has 1 heterocycles. The van der Waals surface area contributed by atoms with E-state index in [1.165, 1.54) is 4.90 Å². The SMILES string of the molecule is CN(C(=O)CCN(C1CCS(=O)(=O)C1)S(C)(=O)=O)c1ccccc1. The summed E-state index contributed by atoms with van der Waals surface area (Å²) in [5.74, 6) is -0.416. The Hall–Kier alpha value is -1.45. The average molecular weight is 374 g/mol. The second-order valence-electron chi connectivity index (χ2n) is 5.97. The number of para-hydroxylation sites is 1. The maximum Gasteiger partial charge on any atom is 0.228 e. The Bertz CT molecular complexity index is 790. The third-order valence-electron chi connectivity index (χ3n) is 4.11. The molecule has 24 heavy (non-hydrogen) atoms. The van der Waals surface area contributed by atoms with Gasteiger partial charge in [-0.05, 0) is 18.6 Å². The van der Waals surface area contributed by atoms with Gasteiger partial charge in [0.2, 0.25) is 15.9 Å². The van der Waals surface area contributed by atoms with Crippen LogP contribution in [-0.4, -0.2) is 64.4 Å². The van der Waals surface area contributed by atoms with E-state index < -0.39 is 25.9 Å². The predicted octanol–water partition coefficient (Wildman–Crippen LogP) is 0.488. The zero-order valence-corrected chi connectivity index (χ0v) is 15.4. The molecule has 2 rings (SSSR count). The first-order valence-corrected chi connectivity index (χ1v) is 11.3. The summed E-state index contributed by atoms with van der Waals surface area (Å²) in [4.78, 5) is 13.8. The summed E-state index contributed by atoms with van der Waals surface area (Å²) >= 11 is 0. The summed E-state index contributed by atoms with van der Waals surface area (Å²) in [6.07, 6.45) is 1.32. The van der Waals surface area contributed by atoms with E-state index in [2.05, 4.69) is 0 Å². The third-order valence-corrected chi connectivity index (χ3v) is 7.19. The van der Waals surface area contributed by atoms with Gasteiger partial charge in [0.25, 0.3) is 0 Å². The van der Waals surface area contributed by atoms with E-state index >= 15 is 0 Å². The molecule has 1 saturated heterocycles. The summed E-state index contributed by atoms with van der Waals surface area (Å²) in [7, 11) is -5.16. The maximum absolute atomic E-state index is 12.3. The molecule has 1 aliphatic heterocycles. The number of sulfone groups is 1. The number of carbonyl (C=O) groups excluding carboxylic acids is 1. The molecule has 0 aromatic heterocycles. The minimum absolute atomic E-state index is 0.00495. The number of anilines is 1. The first kappa shape index (κ1) is 18.9. The molecule has 7 nitrogen and oxygen atoms in total. The number of amides is 1. The summed E-state index contributed by atoms with van der Waals surface area (Å²) < 4.78 is 48.3. The van der Waals surface area contributed by atoms with Gasteiger partial charge in [0, 0.05) is 31.7 Å². The Kier molecular flexibility index (Phi) is 5.67. The van der Waals surface area contributed by atoms with Crippen molar-refractivity contribution in [1.29, 1.82) is 0 Å². The van der Waals surface area contributed by atoms with Crippen molar-refractivity contribution in [3.63, 3.8) is 0 Å². The fraction of sp³-hybridized carbons (Fsp3) is 0.533. The molecule has 134 valence electrons. The van der Waals surface area contributed by atoms with Crippen molar-refractivity contribution >= 4 is 31.5 Å². The van der Waals surface area contributed by atoms with Crippen LogP contribution in [0.2, 0.25) is 0 Å². The minimum atomic E-state index is -3.59. The topological polar surface area (TPSA) is 91.8 Å². The number of benzene rings is 1. The van der Waals surface area contributed by atoms with Gasteiger partial charge in [0.15, 0.2) is 9.84 Å². The molecular weight excluding hydrogens is 352 g/mol. The van der Waals surface area contributed by atoms with Crippen LogP contribution in [0.1, 0.15) is 12.8 Å². The summed E-state index contributed by atoms with van der Waals surface area (Å²) in [5, 5.41) is 0. The van der Waals surface area contributed by atoms with Gasteiger partial charge in [0.1, 0.15) is 0 Å². The zero-order chi connectivity index (χ0) is 18.0. The number of carbonyl (C=O) groups is 1. The lowest BCUT2D eigenvalue weighted by molar-refractivity contribution is -0.118. The highest BCUT2D eigenvalue weighted by atomic mass is 32.2. The van der Waals surface area contributed by atoms with Crippen molar-refractivity contribution in [3.8, 4) is 0 Å². The van der Waals surface area contributed by atoms with E-state index in [1.54, 1.807) is 19.2 Å². The lowest BCUT2D eigenvalue weighted by Gasteiger charge is -2.26. The fourth-order valence-electron chi connectivity index (χ4n) is 2.79. The zero-order valence-electron chi connectivity index (χ0n) is 13.8. The highest BCUT2D eigenvalue weighted by Crippen LogP contribution is 2.21. The molecule has 1 aromatic rings. The van der Waals surface area contributed by atoms with Crippen LogP contribution in [0.4, 0.5) is 5.69 Å². The molecule has 0 N–H and O–H groups in total. The molecule has 1 amide bonds. The van der Waals surface area contributed by atoms with E-state index in [9.17, 15) is 21.6 Å². The van der Waals surface area contributed by atoms with Crippen LogP contribution in [0.25, 0.3) is 0 Å². The smallest absolute Gasteiger partial charge is 0.228 e. The van der Waals surface area contributed by atoms with E-state index in [-0.39, 0.29) is 36.8 Å². The predicted molar refractivity (Wildman–Crippen MR) is 93.1 cm³/mol. The van der Waals surface area contributed by atoms with Crippen LogP contribution in [0, 0.1) is 0 Å². The Morgan fingerprint density at radius 3 is 2.38 bits per heavy atom. The molecule has 0 spiro atoms. The molecule has 0 radical (unpaired) electrons. The Morgan fingerprint density at radius 1 is 1.25 bits per heavy atom. The van der Waals surface area contributed by atoms with Crippen molar-refractivity contribution < 1.29 is 21.6 Å². The summed E-state index contributed by atoms with van der Waals surface area (Å²) in [6.45, 7) is -0.0188. The monoisotopic (exact) mass is 374 g/mol. The number of hydrogen-bond donors (Lipinski definition) is 0. The lowest BCUT2D eigenvalue weighted by atomic mass is 10.2. The number of rotatable bonds is 6. The van der Waals surface area contributed by atoms with Crippen LogP contribution in [0.3, 0.4) is 0 Å². The van der Waals surface area contributed by atoms with Crippen molar-refractivity contribution in [3.05, 3.63) is 30.3 Å². The molecule has 1 unspecified atom stereocenters. The second kappa shape index (κ2) is 7.20. The highest BCUT2D eigenvalue weighted by Gasteiger charge is 2.36. The summed E-state index contributed by atoms with van der Waals surface area (Å²) in [5.41, 5.74) is 0.719. The fourth-order valence-corrected chi connectivity index (χ4v) is 5.76. The van der Waals surface area contributed by atoms with Crippen LogP contribution in [-0.2, 0) is 24.7 Å². The summed E-state index contributed by atoms with van der Waals surface area (Å²) in [6, 6.07) is 8.45. The van der Waals surface area contributed by atoms with E-state index in [0.29, 0.717) is 0 Å². The van der Waals surface area contributed by atoms with Crippen molar-refractivity contribution in [2.24, 2.45) is 0 Å². The quantitative estimate of drug-likeness (QED) is 0.723. The molecule has 1 aliphatic rings. The van der Waals surface area contributed by atoms with Gasteiger partial charge in [0.05, 0.1) is 17.8 Å². The third kappa shape index (κ3) is 4.78. The standard InChI is InChI=1S/C15H22N2O5S2/c1-16(13-6-4-3-5-7-13)15(18)8-10-17(23(2,19)20)14-9-11-24(21,22)12-14/h3-7,14H,8-12H2,1-2H3. The van der Waals surface area contributed by atoms with Crippen molar-refractivity contribution in [1.82, 2.24) is 4.31 Å². The Balaban J connectivity index is 2.05. The van der Waals surface area contributed by atoms with Crippen molar-refractivity contribution in [2.45, 2.75) is 18.9 Å². The number of hydrogen-bond acceptors (Lipinski definition) is 5. The average Bonchev–Trinajstić information content (AvgIpc) is 2.85.